The zero-order chi connectivity index (χ0) is 39.4. The summed E-state index contributed by atoms with van der Waals surface area (Å²) >= 11 is 0. The summed E-state index contributed by atoms with van der Waals surface area (Å²) in [6.07, 6.45) is -4.04. The smallest absolute Gasteiger partial charge is 0.435 e. The van der Waals surface area contributed by atoms with Gasteiger partial charge < -0.3 is 25.4 Å². The van der Waals surface area contributed by atoms with Crippen molar-refractivity contribution in [2.24, 2.45) is 5.92 Å². The second kappa shape index (κ2) is 15.9. The molecular formula is C39H44F4N6O5. The summed E-state index contributed by atoms with van der Waals surface area (Å²) in [5.74, 6) is -1.36. The van der Waals surface area contributed by atoms with Crippen molar-refractivity contribution in [1.29, 1.82) is 0 Å². The summed E-state index contributed by atoms with van der Waals surface area (Å²) in [6, 6.07) is 17.4. The number of anilines is 2. The average Bonchev–Trinajstić information content (AvgIpc) is 3.77. The minimum atomic E-state index is -4.89. The number of nitrogens with one attached hydrogen (secondary N) is 4. The van der Waals surface area contributed by atoms with Crippen LogP contribution in [-0.2, 0) is 22.2 Å². The Bertz CT molecular complexity index is 1980. The first-order chi connectivity index (χ1) is 25.2. The van der Waals surface area contributed by atoms with Crippen molar-refractivity contribution in [3.63, 3.8) is 0 Å². The largest absolute Gasteiger partial charge is 0.444 e. The van der Waals surface area contributed by atoms with Gasteiger partial charge in [-0.15, -0.1) is 0 Å². The molecule has 0 saturated heterocycles. The van der Waals surface area contributed by atoms with Crippen LogP contribution in [0.4, 0.5) is 38.5 Å². The molecule has 4 aromatic rings. The SMILES string of the molecule is CC(C)(C)OC(=O)NCc1cccc(-n2nc(C(F)(F)F)cc2C(=O)Nc2cc(C(NCC3CC3)c3ccc(NC(=O)OC(C)(C)C)cc3)ccc2F)c1. The highest BCUT2D eigenvalue weighted by Crippen LogP contribution is 2.33. The van der Waals surface area contributed by atoms with Gasteiger partial charge in [-0.3, -0.25) is 10.1 Å². The number of halogens is 4. The first-order valence-electron chi connectivity index (χ1n) is 17.4. The maximum Gasteiger partial charge on any atom is 0.435 e. The standard InChI is InChI=1S/C39H44F4N6O5/c1-37(2,3)53-35(51)45-22-24-8-7-9-28(18-24)49-31(20-32(48-49)39(41,42)43)34(50)47-30-19-26(14-17-29(30)40)33(44-21-23-10-11-23)25-12-15-27(16-13-25)46-36(52)54-38(4,5)6/h7-9,12-20,23,33,44H,10-11,21-22H2,1-6H3,(H,45,51)(H,46,52)(H,47,50). The molecule has 15 heteroatoms. The van der Waals surface area contributed by atoms with Crippen LogP contribution in [-0.4, -0.2) is 45.6 Å². The molecule has 1 aromatic heterocycles. The number of hydrogen-bond donors (Lipinski definition) is 4. The number of benzene rings is 3. The number of carbonyl (C=O) groups is 3. The number of nitrogens with zero attached hydrogens (tertiary/aromatic N) is 2. The van der Waals surface area contributed by atoms with Gasteiger partial charge in [-0.2, -0.15) is 18.3 Å². The number of aromatic nitrogens is 2. The number of amides is 3. The minimum absolute atomic E-state index is 0.0192. The lowest BCUT2D eigenvalue weighted by Crippen LogP contribution is -2.32. The van der Waals surface area contributed by atoms with Crippen LogP contribution in [0.25, 0.3) is 5.69 Å². The molecule has 0 aliphatic heterocycles. The summed E-state index contributed by atoms with van der Waals surface area (Å²) in [4.78, 5) is 38.1. The van der Waals surface area contributed by atoms with Crippen LogP contribution in [0.1, 0.15) is 93.3 Å². The van der Waals surface area contributed by atoms with Crippen molar-refractivity contribution >= 4 is 29.5 Å². The van der Waals surface area contributed by atoms with Crippen molar-refractivity contribution in [2.45, 2.75) is 84.3 Å². The molecule has 1 atom stereocenters. The van der Waals surface area contributed by atoms with Crippen molar-refractivity contribution < 1.29 is 41.4 Å². The predicted octanol–water partition coefficient (Wildman–Crippen LogP) is 8.74. The molecule has 1 heterocycles. The summed E-state index contributed by atoms with van der Waals surface area (Å²) in [5.41, 5.74) is -1.04. The van der Waals surface area contributed by atoms with Gasteiger partial charge in [0.15, 0.2) is 5.69 Å². The lowest BCUT2D eigenvalue weighted by atomic mass is 9.97. The topological polar surface area (TPSA) is 136 Å². The van der Waals surface area contributed by atoms with Gasteiger partial charge in [-0.05, 0) is 120 Å². The van der Waals surface area contributed by atoms with Crippen molar-refractivity contribution in [3.05, 3.63) is 107 Å². The molecule has 1 fully saturated rings. The molecular weight excluding hydrogens is 708 g/mol. The van der Waals surface area contributed by atoms with Crippen molar-refractivity contribution in [1.82, 2.24) is 20.4 Å². The first kappa shape index (κ1) is 39.8. The van der Waals surface area contributed by atoms with Crippen LogP contribution in [0, 0.1) is 11.7 Å². The van der Waals surface area contributed by atoms with Crippen LogP contribution >= 0.6 is 0 Å². The van der Waals surface area contributed by atoms with Gasteiger partial charge in [0.25, 0.3) is 5.91 Å². The molecule has 0 bridgehead atoms. The number of carbonyl (C=O) groups excluding carboxylic acids is 3. The first-order valence-corrected chi connectivity index (χ1v) is 17.4. The minimum Gasteiger partial charge on any atom is -0.444 e. The highest BCUT2D eigenvalue weighted by atomic mass is 19.4. The molecule has 288 valence electrons. The summed E-state index contributed by atoms with van der Waals surface area (Å²) in [7, 11) is 0. The third-order valence-electron chi connectivity index (χ3n) is 7.99. The highest BCUT2D eigenvalue weighted by Gasteiger charge is 2.36. The van der Waals surface area contributed by atoms with Crippen LogP contribution in [0.5, 0.6) is 0 Å². The average molecular weight is 753 g/mol. The van der Waals surface area contributed by atoms with E-state index < -0.39 is 58.7 Å². The van der Waals surface area contributed by atoms with E-state index in [0.29, 0.717) is 35.3 Å². The molecule has 0 radical (unpaired) electrons. The molecule has 3 aromatic carbocycles. The fraction of sp³-hybridized carbons (Fsp3) is 0.385. The monoisotopic (exact) mass is 752 g/mol. The van der Waals surface area contributed by atoms with E-state index in [9.17, 15) is 27.6 Å². The number of rotatable bonds is 11. The third-order valence-corrected chi connectivity index (χ3v) is 7.99. The Balaban J connectivity index is 1.40. The van der Waals surface area contributed by atoms with E-state index in [-0.39, 0.29) is 17.9 Å². The van der Waals surface area contributed by atoms with Crippen LogP contribution in [0.3, 0.4) is 0 Å². The summed E-state index contributed by atoms with van der Waals surface area (Å²) in [5, 5.41) is 14.9. The van der Waals surface area contributed by atoms with Gasteiger partial charge in [0.05, 0.1) is 17.4 Å². The zero-order valence-electron chi connectivity index (χ0n) is 30.9. The Morgan fingerprint density at radius 2 is 1.48 bits per heavy atom. The van der Waals surface area contributed by atoms with Gasteiger partial charge in [0, 0.05) is 18.3 Å². The quantitative estimate of drug-likeness (QED) is 0.113. The van der Waals surface area contributed by atoms with Gasteiger partial charge in [0.2, 0.25) is 0 Å². The summed E-state index contributed by atoms with van der Waals surface area (Å²) in [6.45, 7) is 11.0. The number of hydrogen-bond acceptors (Lipinski definition) is 7. The maximum absolute atomic E-state index is 15.3. The Kier molecular flexibility index (Phi) is 11.7. The second-order valence-corrected chi connectivity index (χ2v) is 15.1. The normalized spacial score (nSPS) is 13.9. The second-order valence-electron chi connectivity index (χ2n) is 15.1. The Labute approximate surface area is 310 Å². The lowest BCUT2D eigenvalue weighted by Gasteiger charge is -2.22. The van der Waals surface area contributed by atoms with Crippen LogP contribution in [0.2, 0.25) is 0 Å². The van der Waals surface area contributed by atoms with E-state index in [1.807, 2.05) is 0 Å². The fourth-order valence-electron chi connectivity index (χ4n) is 5.38. The van der Waals surface area contributed by atoms with E-state index in [1.165, 1.54) is 30.3 Å². The van der Waals surface area contributed by atoms with Gasteiger partial charge in [-0.1, -0.05) is 30.3 Å². The Hall–Kier alpha value is -5.44. The Morgan fingerprint density at radius 1 is 0.833 bits per heavy atom. The van der Waals surface area contributed by atoms with E-state index in [2.05, 4.69) is 26.4 Å². The number of alkyl halides is 3. The highest BCUT2D eigenvalue weighted by molar-refractivity contribution is 6.03. The summed E-state index contributed by atoms with van der Waals surface area (Å²) < 4.78 is 68.4. The fourth-order valence-corrected chi connectivity index (χ4v) is 5.38. The molecule has 0 spiro atoms. The van der Waals surface area contributed by atoms with Crippen molar-refractivity contribution in [3.8, 4) is 5.69 Å². The number of alkyl carbamates (subject to hydrolysis) is 1. The van der Waals surface area contributed by atoms with Crippen LogP contribution < -0.4 is 21.3 Å². The number of ether oxygens (including phenoxy) is 2. The van der Waals surface area contributed by atoms with Crippen molar-refractivity contribution in [2.75, 3.05) is 17.2 Å². The van der Waals surface area contributed by atoms with Gasteiger partial charge in [0.1, 0.15) is 22.7 Å². The predicted molar refractivity (Wildman–Crippen MR) is 195 cm³/mol. The van der Waals surface area contributed by atoms with E-state index in [1.54, 1.807) is 77.9 Å². The molecule has 1 aliphatic rings. The molecule has 11 nitrogen and oxygen atoms in total. The van der Waals surface area contributed by atoms with Gasteiger partial charge in [-0.25, -0.2) is 18.7 Å². The molecule has 1 saturated carbocycles. The molecule has 3 amide bonds. The van der Waals surface area contributed by atoms with E-state index in [0.717, 1.165) is 23.1 Å². The molecule has 1 unspecified atom stereocenters. The van der Waals surface area contributed by atoms with Gasteiger partial charge >= 0.3 is 18.4 Å². The third kappa shape index (κ3) is 11.3. The lowest BCUT2D eigenvalue weighted by molar-refractivity contribution is -0.141. The zero-order valence-corrected chi connectivity index (χ0v) is 30.9. The van der Waals surface area contributed by atoms with E-state index >= 15 is 4.39 Å². The Morgan fingerprint density at radius 3 is 2.11 bits per heavy atom. The molecule has 1 aliphatic carbocycles. The molecule has 54 heavy (non-hydrogen) atoms. The van der Waals surface area contributed by atoms with E-state index in [4.69, 9.17) is 9.47 Å². The van der Waals surface area contributed by atoms with Crippen LogP contribution in [0.15, 0.2) is 72.8 Å². The molecule has 4 N–H and O–H groups in total. The molecule has 5 rings (SSSR count). The maximum atomic E-state index is 15.3.